The molecule has 6 heteroatoms. The van der Waals surface area contributed by atoms with Crippen molar-refractivity contribution >= 4 is 33.0 Å². The number of halogens is 1. The van der Waals surface area contributed by atoms with Gasteiger partial charge in [0.1, 0.15) is 0 Å². The maximum absolute atomic E-state index is 12.1. The van der Waals surface area contributed by atoms with Gasteiger partial charge in [-0.1, -0.05) is 35.9 Å². The van der Waals surface area contributed by atoms with Crippen LogP contribution in [0.3, 0.4) is 0 Å². The van der Waals surface area contributed by atoms with Crippen molar-refractivity contribution in [3.05, 3.63) is 59.6 Å². The minimum absolute atomic E-state index is 0.0556. The fourth-order valence-electron chi connectivity index (χ4n) is 1.96. The van der Waals surface area contributed by atoms with Crippen molar-refractivity contribution in [1.29, 1.82) is 0 Å². The SMILES string of the molecule is O=C(CCCS(=O)(=O)c1ccccc1)Nc1cccc(Cl)c1. The Morgan fingerprint density at radius 1 is 1.05 bits per heavy atom. The zero-order chi connectivity index (χ0) is 16.0. The molecule has 2 aromatic carbocycles. The molecule has 4 nitrogen and oxygen atoms in total. The molecular formula is C16H16ClNO3S. The van der Waals surface area contributed by atoms with E-state index in [2.05, 4.69) is 5.32 Å². The Bertz CT molecular complexity index is 745. The lowest BCUT2D eigenvalue weighted by Crippen LogP contribution is -2.14. The molecule has 0 heterocycles. The van der Waals surface area contributed by atoms with E-state index in [4.69, 9.17) is 11.6 Å². The molecule has 1 amide bonds. The van der Waals surface area contributed by atoms with Gasteiger partial charge < -0.3 is 5.32 Å². The molecule has 0 aliphatic carbocycles. The van der Waals surface area contributed by atoms with E-state index in [1.54, 1.807) is 54.6 Å². The number of amides is 1. The summed E-state index contributed by atoms with van der Waals surface area (Å²) in [5, 5.41) is 3.22. The summed E-state index contributed by atoms with van der Waals surface area (Å²) in [5.74, 6) is -0.287. The van der Waals surface area contributed by atoms with E-state index in [1.807, 2.05) is 0 Å². The van der Waals surface area contributed by atoms with Crippen molar-refractivity contribution in [3.63, 3.8) is 0 Å². The van der Waals surface area contributed by atoms with E-state index >= 15 is 0 Å². The fourth-order valence-corrected chi connectivity index (χ4v) is 3.48. The molecule has 0 bridgehead atoms. The first-order valence-electron chi connectivity index (χ1n) is 6.80. The lowest BCUT2D eigenvalue weighted by atomic mass is 10.3. The number of rotatable bonds is 6. The normalized spacial score (nSPS) is 11.1. The monoisotopic (exact) mass is 337 g/mol. The van der Waals surface area contributed by atoms with Gasteiger partial charge in [-0.15, -0.1) is 0 Å². The third-order valence-corrected chi connectivity index (χ3v) is 5.08. The van der Waals surface area contributed by atoms with Crippen LogP contribution in [0.25, 0.3) is 0 Å². The third kappa shape index (κ3) is 4.86. The van der Waals surface area contributed by atoms with Crippen LogP contribution in [0.1, 0.15) is 12.8 Å². The largest absolute Gasteiger partial charge is 0.326 e. The van der Waals surface area contributed by atoms with E-state index < -0.39 is 9.84 Å². The van der Waals surface area contributed by atoms with Gasteiger partial charge in [-0.3, -0.25) is 4.79 Å². The Hall–Kier alpha value is -1.85. The third-order valence-electron chi connectivity index (χ3n) is 3.03. The number of carbonyl (C=O) groups is 1. The van der Waals surface area contributed by atoms with E-state index in [-0.39, 0.29) is 29.4 Å². The summed E-state index contributed by atoms with van der Waals surface area (Å²) >= 11 is 5.83. The molecule has 0 spiro atoms. The van der Waals surface area contributed by atoms with Crippen LogP contribution in [0.5, 0.6) is 0 Å². The molecule has 0 saturated carbocycles. The van der Waals surface area contributed by atoms with Crippen molar-refractivity contribution in [2.24, 2.45) is 0 Å². The number of nitrogens with one attached hydrogen (secondary N) is 1. The highest BCUT2D eigenvalue weighted by Crippen LogP contribution is 2.16. The van der Waals surface area contributed by atoms with Gasteiger partial charge in [-0.05, 0) is 36.8 Å². The summed E-state index contributed by atoms with van der Waals surface area (Å²) < 4.78 is 24.1. The van der Waals surface area contributed by atoms with Crippen molar-refractivity contribution in [2.75, 3.05) is 11.1 Å². The number of benzene rings is 2. The fraction of sp³-hybridized carbons (Fsp3) is 0.188. The number of carbonyl (C=O) groups excluding carboxylic acids is 1. The molecule has 0 radical (unpaired) electrons. The van der Waals surface area contributed by atoms with Gasteiger partial charge in [0.15, 0.2) is 9.84 Å². The second kappa shape index (κ2) is 7.42. The highest BCUT2D eigenvalue weighted by molar-refractivity contribution is 7.91. The van der Waals surface area contributed by atoms with Gasteiger partial charge in [-0.25, -0.2) is 8.42 Å². The zero-order valence-electron chi connectivity index (χ0n) is 11.8. The number of hydrogen-bond acceptors (Lipinski definition) is 3. The standard InChI is InChI=1S/C16H16ClNO3S/c17-13-6-4-7-14(12-13)18-16(19)10-5-11-22(20,21)15-8-2-1-3-9-15/h1-4,6-9,12H,5,10-11H2,(H,18,19). The lowest BCUT2D eigenvalue weighted by Gasteiger charge is -2.06. The predicted molar refractivity (Wildman–Crippen MR) is 87.8 cm³/mol. The minimum Gasteiger partial charge on any atom is -0.326 e. The van der Waals surface area contributed by atoms with Crippen LogP contribution in [0.15, 0.2) is 59.5 Å². The van der Waals surface area contributed by atoms with Gasteiger partial charge >= 0.3 is 0 Å². The molecule has 1 N–H and O–H groups in total. The van der Waals surface area contributed by atoms with E-state index in [0.717, 1.165) is 0 Å². The van der Waals surface area contributed by atoms with E-state index in [0.29, 0.717) is 10.7 Å². The van der Waals surface area contributed by atoms with Crippen LogP contribution in [0, 0.1) is 0 Å². The molecule has 116 valence electrons. The van der Waals surface area contributed by atoms with Crippen LogP contribution >= 0.6 is 11.6 Å². The summed E-state index contributed by atoms with van der Waals surface area (Å²) in [4.78, 5) is 12.1. The molecule has 2 rings (SSSR count). The Labute approximate surface area is 135 Å². The Morgan fingerprint density at radius 3 is 2.45 bits per heavy atom. The van der Waals surface area contributed by atoms with Crippen molar-refractivity contribution in [2.45, 2.75) is 17.7 Å². The van der Waals surface area contributed by atoms with Crippen LogP contribution in [-0.4, -0.2) is 20.1 Å². The van der Waals surface area contributed by atoms with E-state index in [9.17, 15) is 13.2 Å². The minimum atomic E-state index is -3.34. The topological polar surface area (TPSA) is 63.2 Å². The molecule has 0 atom stereocenters. The van der Waals surface area contributed by atoms with Crippen LogP contribution in [0.2, 0.25) is 5.02 Å². The zero-order valence-corrected chi connectivity index (χ0v) is 13.4. The van der Waals surface area contributed by atoms with E-state index in [1.165, 1.54) is 0 Å². The Kier molecular flexibility index (Phi) is 5.57. The van der Waals surface area contributed by atoms with Crippen LogP contribution < -0.4 is 5.32 Å². The van der Waals surface area contributed by atoms with Gasteiger partial charge in [0.05, 0.1) is 10.6 Å². The van der Waals surface area contributed by atoms with Crippen molar-refractivity contribution in [3.8, 4) is 0 Å². The first-order valence-corrected chi connectivity index (χ1v) is 8.84. The first-order chi connectivity index (χ1) is 10.5. The second-order valence-electron chi connectivity index (χ2n) is 4.79. The first kappa shape index (κ1) is 16.5. The van der Waals surface area contributed by atoms with Crippen LogP contribution in [-0.2, 0) is 14.6 Å². The van der Waals surface area contributed by atoms with Gasteiger partial charge in [0.25, 0.3) is 0 Å². The summed E-state index contributed by atoms with van der Waals surface area (Å²) in [6.45, 7) is 0. The summed E-state index contributed by atoms with van der Waals surface area (Å²) in [6.07, 6.45) is 0.405. The smallest absolute Gasteiger partial charge is 0.224 e. The second-order valence-corrected chi connectivity index (χ2v) is 7.34. The molecule has 0 aliphatic heterocycles. The summed E-state index contributed by atoms with van der Waals surface area (Å²) in [7, 11) is -3.34. The molecule has 22 heavy (non-hydrogen) atoms. The molecule has 0 aliphatic rings. The van der Waals surface area contributed by atoms with Gasteiger partial charge in [0.2, 0.25) is 5.91 Å². The summed E-state index contributed by atoms with van der Waals surface area (Å²) in [5.41, 5.74) is 0.600. The number of anilines is 1. The molecule has 0 saturated heterocycles. The molecule has 0 fully saturated rings. The summed E-state index contributed by atoms with van der Waals surface area (Å²) in [6, 6.07) is 15.0. The highest BCUT2D eigenvalue weighted by atomic mass is 35.5. The van der Waals surface area contributed by atoms with Crippen molar-refractivity contribution < 1.29 is 13.2 Å². The maximum atomic E-state index is 12.1. The Balaban J connectivity index is 1.85. The molecule has 0 unspecified atom stereocenters. The highest BCUT2D eigenvalue weighted by Gasteiger charge is 2.14. The lowest BCUT2D eigenvalue weighted by molar-refractivity contribution is -0.116. The molecule has 0 aromatic heterocycles. The average molecular weight is 338 g/mol. The number of hydrogen-bond donors (Lipinski definition) is 1. The van der Waals surface area contributed by atoms with Gasteiger partial charge in [0, 0.05) is 17.1 Å². The molecular weight excluding hydrogens is 322 g/mol. The van der Waals surface area contributed by atoms with Crippen molar-refractivity contribution in [1.82, 2.24) is 0 Å². The number of sulfone groups is 1. The predicted octanol–water partition coefficient (Wildman–Crippen LogP) is 3.53. The average Bonchev–Trinajstić information content (AvgIpc) is 2.48. The quantitative estimate of drug-likeness (QED) is 0.877. The Morgan fingerprint density at radius 2 is 1.77 bits per heavy atom. The maximum Gasteiger partial charge on any atom is 0.224 e. The van der Waals surface area contributed by atoms with Gasteiger partial charge in [-0.2, -0.15) is 0 Å². The molecule has 2 aromatic rings. The van der Waals surface area contributed by atoms with Crippen LogP contribution in [0.4, 0.5) is 5.69 Å².